The first kappa shape index (κ1) is 17.5. The third kappa shape index (κ3) is 2.79. The van der Waals surface area contributed by atoms with Crippen molar-refractivity contribution in [2.45, 2.75) is 39.8 Å². The third-order valence-corrected chi connectivity index (χ3v) is 4.76. The van der Waals surface area contributed by atoms with E-state index in [1.807, 2.05) is 25.8 Å². The molecule has 0 saturated carbocycles. The van der Waals surface area contributed by atoms with Gasteiger partial charge in [0.2, 0.25) is 0 Å². The molecule has 3 rings (SSSR count). The molecule has 2 aromatic rings. The van der Waals surface area contributed by atoms with Gasteiger partial charge in [-0.05, 0) is 51.5 Å². The molecule has 0 spiro atoms. The summed E-state index contributed by atoms with van der Waals surface area (Å²) >= 11 is 0. The van der Waals surface area contributed by atoms with Gasteiger partial charge in [0.1, 0.15) is 17.2 Å². The predicted octanol–water partition coefficient (Wildman–Crippen LogP) is 4.80. The summed E-state index contributed by atoms with van der Waals surface area (Å²) in [5, 5.41) is 0. The Balaban J connectivity index is 2.23. The Morgan fingerprint density at radius 3 is 2.44 bits per heavy atom. The van der Waals surface area contributed by atoms with Crippen molar-refractivity contribution in [3.63, 3.8) is 0 Å². The van der Waals surface area contributed by atoms with Crippen LogP contribution in [-0.2, 0) is 0 Å². The summed E-state index contributed by atoms with van der Waals surface area (Å²) in [5.74, 6) is -0.287. The Kier molecular flexibility index (Phi) is 4.09. The van der Waals surface area contributed by atoms with Gasteiger partial charge in [0.25, 0.3) is 6.43 Å². The van der Waals surface area contributed by atoms with E-state index >= 15 is 0 Å². The number of alkyl halides is 2. The molecule has 1 aliphatic heterocycles. The number of benzene rings is 1. The van der Waals surface area contributed by atoms with Gasteiger partial charge in [-0.1, -0.05) is 0 Å². The van der Waals surface area contributed by atoms with Gasteiger partial charge in [-0.15, -0.1) is 0 Å². The highest BCUT2D eigenvalue weighted by molar-refractivity contribution is 6.17. The number of hydrogen-bond donors (Lipinski definition) is 0. The summed E-state index contributed by atoms with van der Waals surface area (Å²) in [4.78, 5) is 10.6. The quantitative estimate of drug-likeness (QED) is 0.781. The highest BCUT2D eigenvalue weighted by Gasteiger charge is 2.34. The smallest absolute Gasteiger partial charge is 0.280 e. The fourth-order valence-corrected chi connectivity index (χ4v) is 3.14. The Labute approximate surface area is 145 Å². The normalized spacial score (nSPS) is 16.0. The van der Waals surface area contributed by atoms with Gasteiger partial charge in [-0.2, -0.15) is 0 Å². The minimum absolute atomic E-state index is 0.230. The maximum atomic E-state index is 14.1. The molecule has 1 aliphatic rings. The van der Waals surface area contributed by atoms with E-state index in [0.717, 1.165) is 11.3 Å². The Hall–Kier alpha value is -2.37. The van der Waals surface area contributed by atoms with E-state index in [2.05, 4.69) is 4.98 Å². The van der Waals surface area contributed by atoms with E-state index < -0.39 is 12.1 Å². The summed E-state index contributed by atoms with van der Waals surface area (Å²) < 4.78 is 40.0. The molecule has 0 amide bonds. The fraction of sp³-hybridized carbons (Fsp3) is 0.368. The molecule has 0 unspecified atom stereocenters. The second kappa shape index (κ2) is 5.86. The number of fused-ring (bicyclic) bond motifs is 1. The van der Waals surface area contributed by atoms with Crippen LogP contribution in [0.5, 0.6) is 0 Å². The monoisotopic (exact) mass is 347 g/mol. The maximum Gasteiger partial charge on any atom is 0.280 e. The van der Waals surface area contributed by atoms with Gasteiger partial charge in [-0.3, -0.25) is 9.98 Å². The Bertz CT molecular complexity index is 872. The van der Waals surface area contributed by atoms with Crippen LogP contribution in [0, 0.1) is 19.7 Å². The van der Waals surface area contributed by atoms with Crippen molar-refractivity contribution >= 4 is 11.4 Å². The first-order chi connectivity index (χ1) is 11.6. The van der Waals surface area contributed by atoms with Crippen LogP contribution in [0.3, 0.4) is 0 Å². The number of anilines is 1. The first-order valence-corrected chi connectivity index (χ1v) is 8.01. The van der Waals surface area contributed by atoms with E-state index in [-0.39, 0.29) is 11.5 Å². The summed E-state index contributed by atoms with van der Waals surface area (Å²) in [6.07, 6.45) is -1.20. The molecule has 6 heteroatoms. The van der Waals surface area contributed by atoms with Gasteiger partial charge in [-0.25, -0.2) is 13.2 Å². The summed E-state index contributed by atoms with van der Waals surface area (Å²) in [7, 11) is 1.87. The van der Waals surface area contributed by atoms with E-state index in [1.54, 1.807) is 26.0 Å². The van der Waals surface area contributed by atoms with Crippen LogP contribution in [0.1, 0.15) is 48.2 Å². The molecule has 0 radical (unpaired) electrons. The van der Waals surface area contributed by atoms with Gasteiger partial charge >= 0.3 is 0 Å². The maximum absolute atomic E-state index is 14.1. The highest BCUT2D eigenvalue weighted by atomic mass is 19.3. The molecular formula is C19H20F3N3. The largest absolute Gasteiger partial charge is 0.350 e. The van der Waals surface area contributed by atoms with Gasteiger partial charge in [0.15, 0.2) is 0 Å². The van der Waals surface area contributed by atoms with Crippen molar-refractivity contribution in [2.75, 3.05) is 11.9 Å². The lowest BCUT2D eigenvalue weighted by molar-refractivity contribution is 0.145. The van der Waals surface area contributed by atoms with Crippen molar-refractivity contribution in [1.82, 2.24) is 4.98 Å². The molecule has 3 nitrogen and oxygen atoms in total. The Morgan fingerprint density at radius 1 is 1.16 bits per heavy atom. The lowest BCUT2D eigenvalue weighted by atomic mass is 9.93. The van der Waals surface area contributed by atoms with E-state index in [0.29, 0.717) is 22.4 Å². The minimum Gasteiger partial charge on any atom is -0.350 e. The lowest BCUT2D eigenvalue weighted by Crippen LogP contribution is -2.44. The van der Waals surface area contributed by atoms with Crippen molar-refractivity contribution in [3.05, 3.63) is 58.2 Å². The molecule has 1 aromatic heterocycles. The molecule has 25 heavy (non-hydrogen) atoms. The molecule has 0 saturated heterocycles. The number of nitrogens with zero attached hydrogens (tertiary/aromatic N) is 3. The molecule has 2 heterocycles. The van der Waals surface area contributed by atoms with E-state index in [4.69, 9.17) is 4.99 Å². The molecule has 0 N–H and O–H groups in total. The number of rotatable bonds is 2. The van der Waals surface area contributed by atoms with E-state index in [9.17, 15) is 13.2 Å². The summed E-state index contributed by atoms with van der Waals surface area (Å²) in [6.45, 7) is 7.19. The molecular weight excluding hydrogens is 327 g/mol. The summed E-state index contributed by atoms with van der Waals surface area (Å²) in [5.41, 5.74) is 2.93. The highest BCUT2D eigenvalue weighted by Crippen LogP contribution is 2.38. The molecule has 0 bridgehead atoms. The topological polar surface area (TPSA) is 28.5 Å². The van der Waals surface area contributed by atoms with Crippen LogP contribution in [0.4, 0.5) is 18.9 Å². The number of aliphatic imine (C=N–C) groups is 1. The average molecular weight is 347 g/mol. The van der Waals surface area contributed by atoms with Crippen LogP contribution >= 0.6 is 0 Å². The number of aryl methyl sites for hydroxylation is 1. The van der Waals surface area contributed by atoms with Crippen molar-refractivity contribution in [1.29, 1.82) is 0 Å². The zero-order valence-corrected chi connectivity index (χ0v) is 14.9. The molecule has 132 valence electrons. The first-order valence-electron chi connectivity index (χ1n) is 8.01. The zero-order chi connectivity index (χ0) is 18.5. The van der Waals surface area contributed by atoms with Gasteiger partial charge < -0.3 is 4.90 Å². The van der Waals surface area contributed by atoms with Gasteiger partial charge in [0.05, 0.1) is 11.4 Å². The third-order valence-electron chi connectivity index (χ3n) is 4.76. The molecule has 0 aliphatic carbocycles. The SMILES string of the molecule is Cc1cc(C2=NC(C)(C)N(C)c3c2ccc(F)c3C)cnc1C(F)F. The van der Waals surface area contributed by atoms with E-state index in [1.165, 1.54) is 12.3 Å². The number of hydrogen-bond acceptors (Lipinski definition) is 3. The lowest BCUT2D eigenvalue weighted by Gasteiger charge is -2.41. The van der Waals surface area contributed by atoms with Crippen LogP contribution in [0.25, 0.3) is 0 Å². The molecule has 1 aromatic carbocycles. The predicted molar refractivity (Wildman–Crippen MR) is 93.2 cm³/mol. The van der Waals surface area contributed by atoms with Crippen LogP contribution < -0.4 is 4.90 Å². The second-order valence-corrected chi connectivity index (χ2v) is 6.81. The molecule has 0 fully saturated rings. The second-order valence-electron chi connectivity index (χ2n) is 6.81. The number of pyridine rings is 1. The van der Waals surface area contributed by atoms with Crippen LogP contribution in [0.15, 0.2) is 29.4 Å². The fourth-order valence-electron chi connectivity index (χ4n) is 3.14. The average Bonchev–Trinajstić information content (AvgIpc) is 2.53. The van der Waals surface area contributed by atoms with Gasteiger partial charge in [0, 0.05) is 29.9 Å². The minimum atomic E-state index is -2.62. The Morgan fingerprint density at radius 2 is 1.84 bits per heavy atom. The summed E-state index contributed by atoms with van der Waals surface area (Å²) in [6, 6.07) is 4.75. The molecule has 0 atom stereocenters. The van der Waals surface area contributed by atoms with Crippen LogP contribution in [-0.4, -0.2) is 23.4 Å². The number of aromatic nitrogens is 1. The van der Waals surface area contributed by atoms with Crippen molar-refractivity contribution < 1.29 is 13.2 Å². The van der Waals surface area contributed by atoms with Crippen molar-refractivity contribution in [2.24, 2.45) is 4.99 Å². The van der Waals surface area contributed by atoms with Crippen LogP contribution in [0.2, 0.25) is 0 Å². The standard InChI is InChI=1S/C19H20F3N3/c1-10-8-12(9-23-15(10)18(21)22)16-13-6-7-14(20)11(2)17(13)25(5)19(3,4)24-16/h6-9,18H,1-5H3. The zero-order valence-electron chi connectivity index (χ0n) is 14.9. The number of halogens is 3. The van der Waals surface area contributed by atoms with Crippen molar-refractivity contribution in [3.8, 4) is 0 Å².